The van der Waals surface area contributed by atoms with Crippen LogP contribution in [0.2, 0.25) is 5.02 Å². The first-order valence-electron chi connectivity index (χ1n) is 7.31. The lowest BCUT2D eigenvalue weighted by molar-refractivity contribution is 0.981. The third kappa shape index (κ3) is 4.37. The summed E-state index contributed by atoms with van der Waals surface area (Å²) in [5, 5.41) is 3.91. The lowest BCUT2D eigenvalue weighted by atomic mass is 10.2. The number of para-hydroxylation sites is 1. The van der Waals surface area contributed by atoms with Gasteiger partial charge in [0.25, 0.3) is 0 Å². The lowest BCUT2D eigenvalue weighted by Crippen LogP contribution is -2.07. The Morgan fingerprint density at radius 2 is 1.79 bits per heavy atom. The van der Waals surface area contributed by atoms with Gasteiger partial charge in [-0.05, 0) is 42.8 Å². The molecular formula is C17H16ClN5S. The number of rotatable bonds is 5. The number of hydrogen-bond donors (Lipinski definition) is 2. The zero-order valence-corrected chi connectivity index (χ0v) is 14.6. The molecule has 3 aromatic rings. The second-order valence-corrected chi connectivity index (χ2v) is 6.60. The van der Waals surface area contributed by atoms with E-state index in [4.69, 9.17) is 17.3 Å². The number of thioether (sulfide) groups is 1. The van der Waals surface area contributed by atoms with Gasteiger partial charge in [0, 0.05) is 15.6 Å². The van der Waals surface area contributed by atoms with Crippen molar-refractivity contribution < 1.29 is 0 Å². The molecular weight excluding hydrogens is 342 g/mol. The summed E-state index contributed by atoms with van der Waals surface area (Å²) >= 11 is 7.51. The van der Waals surface area contributed by atoms with Gasteiger partial charge in [0.15, 0.2) is 0 Å². The largest absolute Gasteiger partial charge is 0.368 e. The van der Waals surface area contributed by atoms with Crippen molar-refractivity contribution >= 4 is 40.9 Å². The molecule has 1 heterocycles. The lowest BCUT2D eigenvalue weighted by Gasteiger charge is -2.09. The standard InChI is InChI=1S/C17H16ClN5S/c1-11-4-2-3-5-14(11)20-17-22-15(21-16(19)23-17)10-24-13-8-6-12(18)7-9-13/h2-9H,10H2,1H3,(H3,19,20,21,22,23). The van der Waals surface area contributed by atoms with Crippen molar-refractivity contribution in [1.29, 1.82) is 0 Å². The number of hydrogen-bond acceptors (Lipinski definition) is 6. The molecule has 3 N–H and O–H groups in total. The number of nitrogens with zero attached hydrogens (tertiary/aromatic N) is 3. The summed E-state index contributed by atoms with van der Waals surface area (Å²) in [6.45, 7) is 2.02. The van der Waals surface area contributed by atoms with Crippen LogP contribution in [0.15, 0.2) is 53.4 Å². The Balaban J connectivity index is 1.74. The quantitative estimate of drug-likeness (QED) is 0.657. The third-order valence-electron chi connectivity index (χ3n) is 3.27. The topological polar surface area (TPSA) is 76.7 Å². The van der Waals surface area contributed by atoms with Gasteiger partial charge in [-0.25, -0.2) is 0 Å². The van der Waals surface area contributed by atoms with Crippen LogP contribution in [0.3, 0.4) is 0 Å². The summed E-state index contributed by atoms with van der Waals surface area (Å²) in [7, 11) is 0. The van der Waals surface area contributed by atoms with E-state index in [0.717, 1.165) is 16.1 Å². The molecule has 0 saturated heterocycles. The molecule has 0 aliphatic rings. The Morgan fingerprint density at radius 3 is 2.54 bits per heavy atom. The van der Waals surface area contributed by atoms with Crippen LogP contribution >= 0.6 is 23.4 Å². The molecule has 2 aromatic carbocycles. The molecule has 122 valence electrons. The molecule has 0 aliphatic carbocycles. The van der Waals surface area contributed by atoms with Gasteiger partial charge in [0.05, 0.1) is 5.75 Å². The minimum atomic E-state index is 0.202. The van der Waals surface area contributed by atoms with E-state index in [2.05, 4.69) is 20.3 Å². The SMILES string of the molecule is Cc1ccccc1Nc1nc(N)nc(CSc2ccc(Cl)cc2)n1. The van der Waals surface area contributed by atoms with Crippen molar-refractivity contribution in [3.63, 3.8) is 0 Å². The first kappa shape index (κ1) is 16.5. The number of aromatic nitrogens is 3. The van der Waals surface area contributed by atoms with Crippen LogP contribution in [0.5, 0.6) is 0 Å². The van der Waals surface area contributed by atoms with Gasteiger partial charge in [-0.15, -0.1) is 11.8 Å². The highest BCUT2D eigenvalue weighted by Crippen LogP contribution is 2.24. The molecule has 0 amide bonds. The Hall–Kier alpha value is -2.31. The highest BCUT2D eigenvalue weighted by atomic mass is 35.5. The van der Waals surface area contributed by atoms with Gasteiger partial charge in [-0.2, -0.15) is 15.0 Å². The fraction of sp³-hybridized carbons (Fsp3) is 0.118. The highest BCUT2D eigenvalue weighted by Gasteiger charge is 2.07. The average Bonchev–Trinajstić information content (AvgIpc) is 2.56. The molecule has 7 heteroatoms. The third-order valence-corrected chi connectivity index (χ3v) is 4.53. The van der Waals surface area contributed by atoms with E-state index in [9.17, 15) is 0 Å². The van der Waals surface area contributed by atoms with Crippen molar-refractivity contribution in [1.82, 2.24) is 15.0 Å². The van der Waals surface area contributed by atoms with E-state index in [0.29, 0.717) is 22.5 Å². The summed E-state index contributed by atoms with van der Waals surface area (Å²) in [6.07, 6.45) is 0. The van der Waals surface area contributed by atoms with Gasteiger partial charge < -0.3 is 11.1 Å². The Bertz CT molecular complexity index is 839. The molecule has 0 aliphatic heterocycles. The monoisotopic (exact) mass is 357 g/mol. The fourth-order valence-electron chi connectivity index (χ4n) is 2.07. The maximum atomic E-state index is 5.89. The van der Waals surface area contributed by atoms with Crippen molar-refractivity contribution in [2.24, 2.45) is 0 Å². The van der Waals surface area contributed by atoms with Crippen molar-refractivity contribution in [2.75, 3.05) is 11.1 Å². The molecule has 0 saturated carbocycles. The smallest absolute Gasteiger partial charge is 0.232 e. The zero-order chi connectivity index (χ0) is 16.9. The van der Waals surface area contributed by atoms with Gasteiger partial charge >= 0.3 is 0 Å². The van der Waals surface area contributed by atoms with Gasteiger partial charge in [0.2, 0.25) is 11.9 Å². The molecule has 0 radical (unpaired) electrons. The van der Waals surface area contributed by atoms with Crippen LogP contribution in [0.25, 0.3) is 0 Å². The highest BCUT2D eigenvalue weighted by molar-refractivity contribution is 7.98. The molecule has 0 spiro atoms. The van der Waals surface area contributed by atoms with Gasteiger partial charge in [-0.1, -0.05) is 29.8 Å². The van der Waals surface area contributed by atoms with Crippen molar-refractivity contribution in [3.8, 4) is 0 Å². The molecule has 0 fully saturated rings. The minimum Gasteiger partial charge on any atom is -0.368 e. The van der Waals surface area contributed by atoms with E-state index in [-0.39, 0.29) is 5.95 Å². The summed E-state index contributed by atoms with van der Waals surface area (Å²) in [5.41, 5.74) is 7.86. The van der Waals surface area contributed by atoms with Crippen molar-refractivity contribution in [3.05, 3.63) is 64.9 Å². The maximum absolute atomic E-state index is 5.89. The van der Waals surface area contributed by atoms with E-state index in [1.807, 2.05) is 55.5 Å². The molecule has 1 aromatic heterocycles. The van der Waals surface area contributed by atoms with Crippen LogP contribution < -0.4 is 11.1 Å². The Morgan fingerprint density at radius 1 is 1.04 bits per heavy atom. The van der Waals surface area contributed by atoms with Gasteiger partial charge in [-0.3, -0.25) is 0 Å². The first-order chi connectivity index (χ1) is 11.6. The molecule has 5 nitrogen and oxygen atoms in total. The summed E-state index contributed by atoms with van der Waals surface area (Å²) in [4.78, 5) is 13.9. The zero-order valence-electron chi connectivity index (χ0n) is 13.0. The molecule has 0 atom stereocenters. The van der Waals surface area contributed by atoms with Crippen LogP contribution in [0.4, 0.5) is 17.6 Å². The predicted octanol–water partition coefficient (Wildman–Crippen LogP) is 4.45. The number of nitrogens with one attached hydrogen (secondary N) is 1. The summed E-state index contributed by atoms with van der Waals surface area (Å²) < 4.78 is 0. The number of nitrogen functional groups attached to an aromatic ring is 1. The number of nitrogens with two attached hydrogens (primary N) is 1. The number of halogens is 1. The molecule has 3 rings (SSSR count). The first-order valence-corrected chi connectivity index (χ1v) is 8.68. The predicted molar refractivity (Wildman–Crippen MR) is 99.7 cm³/mol. The molecule has 0 unspecified atom stereocenters. The Labute approximate surface area is 149 Å². The fourth-order valence-corrected chi connectivity index (χ4v) is 2.95. The maximum Gasteiger partial charge on any atom is 0.232 e. The van der Waals surface area contributed by atoms with Crippen LogP contribution in [0, 0.1) is 6.92 Å². The van der Waals surface area contributed by atoms with Crippen LogP contribution in [-0.4, -0.2) is 15.0 Å². The van der Waals surface area contributed by atoms with Crippen LogP contribution in [-0.2, 0) is 5.75 Å². The summed E-state index contributed by atoms with van der Waals surface area (Å²) in [5.74, 6) is 1.87. The second-order valence-electron chi connectivity index (χ2n) is 5.12. The van der Waals surface area contributed by atoms with Crippen LogP contribution in [0.1, 0.15) is 11.4 Å². The number of anilines is 3. The number of benzene rings is 2. The molecule has 24 heavy (non-hydrogen) atoms. The average molecular weight is 358 g/mol. The minimum absolute atomic E-state index is 0.202. The summed E-state index contributed by atoms with van der Waals surface area (Å²) in [6, 6.07) is 15.6. The molecule has 0 bridgehead atoms. The number of aryl methyl sites for hydroxylation is 1. The normalized spacial score (nSPS) is 10.6. The van der Waals surface area contributed by atoms with E-state index >= 15 is 0 Å². The van der Waals surface area contributed by atoms with Crippen molar-refractivity contribution in [2.45, 2.75) is 17.6 Å². The van der Waals surface area contributed by atoms with E-state index in [1.54, 1.807) is 11.8 Å². The van der Waals surface area contributed by atoms with E-state index in [1.165, 1.54) is 0 Å². The second kappa shape index (κ2) is 7.51. The van der Waals surface area contributed by atoms with E-state index < -0.39 is 0 Å². The van der Waals surface area contributed by atoms with Gasteiger partial charge in [0.1, 0.15) is 5.82 Å². The Kier molecular flexibility index (Phi) is 5.17.